The van der Waals surface area contributed by atoms with Crippen LogP contribution in [0.3, 0.4) is 0 Å². The van der Waals surface area contributed by atoms with E-state index < -0.39 is 0 Å². The minimum absolute atomic E-state index is 0.129. The number of nitro groups is 1. The van der Waals surface area contributed by atoms with Crippen LogP contribution >= 0.6 is 0 Å². The lowest BCUT2D eigenvalue weighted by Crippen LogP contribution is -2.41. The van der Waals surface area contributed by atoms with Crippen LogP contribution in [0.5, 0.6) is 0 Å². The maximum absolute atomic E-state index is 11.9. The minimum atomic E-state index is -0.334. The third kappa shape index (κ3) is 2.92. The summed E-state index contributed by atoms with van der Waals surface area (Å²) in [5, 5.41) is 14.0. The largest absolute Gasteiger partial charge is 0.316 e. The summed E-state index contributed by atoms with van der Waals surface area (Å²) in [7, 11) is 0. The quantitative estimate of drug-likeness (QED) is 0.642. The van der Waals surface area contributed by atoms with Gasteiger partial charge in [-0.25, -0.2) is 0 Å². The Morgan fingerprint density at radius 2 is 2.11 bits per heavy atom. The first kappa shape index (κ1) is 12.7. The number of hydrogen-bond donors (Lipinski definition) is 1. The zero-order valence-corrected chi connectivity index (χ0v) is 10.0. The molecule has 0 spiro atoms. The molecule has 0 aliphatic carbocycles. The van der Waals surface area contributed by atoms with Crippen molar-refractivity contribution in [2.75, 3.05) is 19.6 Å². The fourth-order valence-electron chi connectivity index (χ4n) is 2.46. The van der Waals surface area contributed by atoms with Crippen LogP contribution in [0.2, 0.25) is 0 Å². The number of piperidine rings is 1. The Bertz CT molecular complexity index is 433. The number of rotatable bonds is 4. The molecule has 1 saturated heterocycles. The Balaban J connectivity index is 2.24. The zero-order valence-electron chi connectivity index (χ0n) is 10.0. The van der Waals surface area contributed by atoms with Gasteiger partial charge in [0.15, 0.2) is 0 Å². The Morgan fingerprint density at radius 3 is 2.72 bits per heavy atom. The van der Waals surface area contributed by atoms with E-state index in [0.29, 0.717) is 19.5 Å². The van der Waals surface area contributed by atoms with Crippen molar-refractivity contribution in [3.05, 3.63) is 46.0 Å². The van der Waals surface area contributed by atoms with Crippen LogP contribution in [0.1, 0.15) is 17.9 Å². The highest BCUT2D eigenvalue weighted by Crippen LogP contribution is 2.27. The third-order valence-electron chi connectivity index (χ3n) is 3.39. The molecule has 1 aliphatic heterocycles. The molecule has 0 saturated carbocycles. The standard InChI is InChI=1S/C13H16N2O3/c16-13-6-7-14-8-11(13)12(9-15(17)18)10-4-2-1-3-5-10/h1-5,11-12,14H,6-9H2/t11-,12-/m0/s1. The molecular formula is C13H16N2O3. The van der Waals surface area contributed by atoms with Crippen molar-refractivity contribution in [2.45, 2.75) is 12.3 Å². The van der Waals surface area contributed by atoms with E-state index in [0.717, 1.165) is 5.56 Å². The topological polar surface area (TPSA) is 72.2 Å². The van der Waals surface area contributed by atoms with Crippen LogP contribution in [0.25, 0.3) is 0 Å². The zero-order chi connectivity index (χ0) is 13.0. The molecular weight excluding hydrogens is 232 g/mol. The van der Waals surface area contributed by atoms with E-state index in [1.54, 1.807) is 0 Å². The highest BCUT2D eigenvalue weighted by Gasteiger charge is 2.34. The maximum Gasteiger partial charge on any atom is 0.211 e. The van der Waals surface area contributed by atoms with E-state index in [2.05, 4.69) is 5.32 Å². The van der Waals surface area contributed by atoms with Crippen molar-refractivity contribution in [2.24, 2.45) is 5.92 Å². The van der Waals surface area contributed by atoms with Crippen LogP contribution in [0, 0.1) is 16.0 Å². The number of benzene rings is 1. The van der Waals surface area contributed by atoms with Crippen molar-refractivity contribution >= 4 is 5.78 Å². The smallest absolute Gasteiger partial charge is 0.211 e. The monoisotopic (exact) mass is 248 g/mol. The van der Waals surface area contributed by atoms with Gasteiger partial charge >= 0.3 is 0 Å². The molecule has 1 heterocycles. The first-order chi connectivity index (χ1) is 8.68. The molecule has 1 N–H and O–H groups in total. The molecule has 5 nitrogen and oxygen atoms in total. The summed E-state index contributed by atoms with van der Waals surface area (Å²) in [5.41, 5.74) is 0.872. The van der Waals surface area contributed by atoms with Crippen molar-refractivity contribution in [1.82, 2.24) is 5.32 Å². The van der Waals surface area contributed by atoms with Crippen LogP contribution in [-0.2, 0) is 4.79 Å². The number of hydrogen-bond acceptors (Lipinski definition) is 4. The number of ketones is 1. The molecule has 1 fully saturated rings. The minimum Gasteiger partial charge on any atom is -0.316 e. The molecule has 0 radical (unpaired) electrons. The van der Waals surface area contributed by atoms with Gasteiger partial charge in [0.2, 0.25) is 6.54 Å². The summed E-state index contributed by atoms with van der Waals surface area (Å²) in [6.45, 7) is 1.02. The second kappa shape index (κ2) is 5.73. The van der Waals surface area contributed by atoms with E-state index in [9.17, 15) is 14.9 Å². The van der Waals surface area contributed by atoms with Crippen LogP contribution in [0.4, 0.5) is 0 Å². The van der Waals surface area contributed by atoms with Crippen molar-refractivity contribution in [3.8, 4) is 0 Å². The molecule has 96 valence electrons. The van der Waals surface area contributed by atoms with Gasteiger partial charge in [-0.15, -0.1) is 0 Å². The van der Waals surface area contributed by atoms with Gasteiger partial charge in [0.1, 0.15) is 5.78 Å². The molecule has 2 rings (SSSR count). The molecule has 2 atom stereocenters. The van der Waals surface area contributed by atoms with Crippen molar-refractivity contribution in [1.29, 1.82) is 0 Å². The van der Waals surface area contributed by atoms with Gasteiger partial charge < -0.3 is 5.32 Å². The summed E-state index contributed by atoms with van der Waals surface area (Å²) in [4.78, 5) is 22.4. The number of carbonyl (C=O) groups is 1. The molecule has 0 amide bonds. The Hall–Kier alpha value is -1.75. The van der Waals surface area contributed by atoms with Crippen molar-refractivity contribution in [3.63, 3.8) is 0 Å². The third-order valence-corrected chi connectivity index (χ3v) is 3.39. The molecule has 0 unspecified atom stereocenters. The lowest BCUT2D eigenvalue weighted by Gasteiger charge is -2.27. The highest BCUT2D eigenvalue weighted by atomic mass is 16.6. The lowest BCUT2D eigenvalue weighted by molar-refractivity contribution is -0.484. The average Bonchev–Trinajstić information content (AvgIpc) is 2.38. The summed E-state index contributed by atoms with van der Waals surface area (Å²) in [6.07, 6.45) is 0.464. The summed E-state index contributed by atoms with van der Waals surface area (Å²) < 4.78 is 0. The predicted octanol–water partition coefficient (Wildman–Crippen LogP) is 1.23. The molecule has 0 aromatic heterocycles. The Kier molecular flexibility index (Phi) is 4.04. The molecule has 18 heavy (non-hydrogen) atoms. The van der Waals surface area contributed by atoms with Gasteiger partial charge in [-0.2, -0.15) is 0 Å². The van der Waals surface area contributed by atoms with Gasteiger partial charge in [-0.3, -0.25) is 14.9 Å². The number of nitrogens with zero attached hydrogens (tertiary/aromatic N) is 1. The SMILES string of the molecule is O=C1CCNC[C@H]1[C@@H](C[N+](=O)[O-])c1ccccc1. The van der Waals surface area contributed by atoms with Crippen LogP contribution < -0.4 is 5.32 Å². The Morgan fingerprint density at radius 1 is 1.39 bits per heavy atom. The summed E-state index contributed by atoms with van der Waals surface area (Å²) >= 11 is 0. The lowest BCUT2D eigenvalue weighted by atomic mass is 9.81. The maximum atomic E-state index is 11.9. The van der Waals surface area contributed by atoms with Crippen molar-refractivity contribution < 1.29 is 9.72 Å². The Labute approximate surface area is 105 Å². The second-order valence-corrected chi connectivity index (χ2v) is 4.56. The normalized spacial score (nSPS) is 21.6. The van der Waals surface area contributed by atoms with Crippen LogP contribution in [0.15, 0.2) is 30.3 Å². The van der Waals surface area contributed by atoms with E-state index in [4.69, 9.17) is 0 Å². The number of carbonyl (C=O) groups excluding carboxylic acids is 1. The molecule has 1 aromatic rings. The van der Waals surface area contributed by atoms with Gasteiger partial charge in [0.05, 0.1) is 5.92 Å². The van der Waals surface area contributed by atoms with Gasteiger partial charge in [0, 0.05) is 30.4 Å². The first-order valence-electron chi connectivity index (χ1n) is 6.08. The highest BCUT2D eigenvalue weighted by molar-refractivity contribution is 5.83. The van der Waals surface area contributed by atoms with E-state index in [-0.39, 0.29) is 29.1 Å². The average molecular weight is 248 g/mol. The van der Waals surface area contributed by atoms with Gasteiger partial charge in [-0.1, -0.05) is 30.3 Å². The van der Waals surface area contributed by atoms with E-state index in [1.165, 1.54) is 0 Å². The van der Waals surface area contributed by atoms with Gasteiger partial charge in [-0.05, 0) is 5.56 Å². The predicted molar refractivity (Wildman–Crippen MR) is 67.0 cm³/mol. The molecule has 1 aromatic carbocycles. The van der Waals surface area contributed by atoms with Crippen LogP contribution in [-0.4, -0.2) is 30.3 Å². The number of nitrogens with one attached hydrogen (secondary N) is 1. The fourth-order valence-corrected chi connectivity index (χ4v) is 2.46. The first-order valence-corrected chi connectivity index (χ1v) is 6.08. The molecule has 1 aliphatic rings. The molecule has 5 heteroatoms. The summed E-state index contributed by atoms with van der Waals surface area (Å²) in [5.74, 6) is -0.488. The van der Waals surface area contributed by atoms with E-state index in [1.807, 2.05) is 30.3 Å². The van der Waals surface area contributed by atoms with E-state index >= 15 is 0 Å². The second-order valence-electron chi connectivity index (χ2n) is 4.56. The number of Topliss-reactive ketones (excluding diaryl/α,β-unsaturated/α-hetero) is 1. The summed E-state index contributed by atoms with van der Waals surface area (Å²) in [6, 6.07) is 9.28. The fraction of sp³-hybridized carbons (Fsp3) is 0.462. The van der Waals surface area contributed by atoms with Gasteiger partial charge in [0.25, 0.3) is 0 Å². The molecule has 0 bridgehead atoms.